The number of likely N-dealkylation sites (N-methyl/N-ethyl adjacent to an activating group) is 1. The van der Waals surface area contributed by atoms with Crippen molar-refractivity contribution in [1.82, 2.24) is 9.62 Å². The van der Waals surface area contributed by atoms with Crippen LogP contribution in [0.5, 0.6) is 0 Å². The molecule has 0 heterocycles. The Morgan fingerprint density at radius 1 is 1.25 bits per heavy atom. The van der Waals surface area contributed by atoms with E-state index in [-0.39, 0.29) is 11.5 Å². The molecule has 0 aliphatic rings. The molecule has 0 saturated carbocycles. The number of nitrogens with one attached hydrogen (secondary N) is 1. The zero-order valence-electron chi connectivity index (χ0n) is 12.3. The Bertz CT molecular complexity index is 498. The molecule has 1 aromatic rings. The standard InChI is InChI=1S/C14H24N2O3S/c1-12(2)16(3)10-9-15-20(18,19)14-6-4-13(5-7-14)8-11-17/h4-7,12,15,17H,8-11H2,1-3H3. The van der Waals surface area contributed by atoms with Crippen LogP contribution >= 0.6 is 0 Å². The van der Waals surface area contributed by atoms with E-state index in [9.17, 15) is 8.42 Å². The van der Waals surface area contributed by atoms with Crippen LogP contribution in [0.1, 0.15) is 19.4 Å². The quantitative estimate of drug-likeness (QED) is 0.746. The molecule has 114 valence electrons. The van der Waals surface area contributed by atoms with Crippen LogP contribution in [0.15, 0.2) is 29.2 Å². The number of benzene rings is 1. The number of aliphatic hydroxyl groups excluding tert-OH is 1. The predicted octanol–water partition coefficient (Wildman–Crippen LogP) is 0.840. The van der Waals surface area contributed by atoms with E-state index in [0.717, 1.165) is 5.56 Å². The maximum absolute atomic E-state index is 12.1. The summed E-state index contributed by atoms with van der Waals surface area (Å²) in [6, 6.07) is 6.98. The molecule has 0 aromatic heterocycles. The summed E-state index contributed by atoms with van der Waals surface area (Å²) in [6.07, 6.45) is 0.535. The van der Waals surface area contributed by atoms with Crippen molar-refractivity contribution in [2.75, 3.05) is 26.7 Å². The number of hydrogen-bond donors (Lipinski definition) is 2. The van der Waals surface area contributed by atoms with Gasteiger partial charge in [0, 0.05) is 25.7 Å². The van der Waals surface area contributed by atoms with Gasteiger partial charge in [0.05, 0.1) is 4.90 Å². The van der Waals surface area contributed by atoms with Crippen LogP contribution in [0.4, 0.5) is 0 Å². The minimum Gasteiger partial charge on any atom is -0.396 e. The lowest BCUT2D eigenvalue weighted by atomic mass is 10.2. The van der Waals surface area contributed by atoms with E-state index in [1.54, 1.807) is 24.3 Å². The van der Waals surface area contributed by atoms with Crippen molar-refractivity contribution in [1.29, 1.82) is 0 Å². The van der Waals surface area contributed by atoms with Crippen LogP contribution in [0.2, 0.25) is 0 Å². The Morgan fingerprint density at radius 2 is 1.85 bits per heavy atom. The minimum absolute atomic E-state index is 0.0614. The summed E-state index contributed by atoms with van der Waals surface area (Å²) < 4.78 is 26.7. The van der Waals surface area contributed by atoms with Crippen LogP contribution in [0, 0.1) is 0 Å². The van der Waals surface area contributed by atoms with Gasteiger partial charge in [-0.3, -0.25) is 0 Å². The average Bonchev–Trinajstić information content (AvgIpc) is 2.39. The first-order valence-electron chi connectivity index (χ1n) is 6.76. The van der Waals surface area contributed by atoms with Crippen molar-refractivity contribution in [3.63, 3.8) is 0 Å². The molecule has 0 fully saturated rings. The Balaban J connectivity index is 2.60. The highest BCUT2D eigenvalue weighted by Crippen LogP contribution is 2.10. The lowest BCUT2D eigenvalue weighted by molar-refractivity contribution is 0.278. The molecule has 0 atom stereocenters. The SMILES string of the molecule is CC(C)N(C)CCNS(=O)(=O)c1ccc(CCO)cc1. The van der Waals surface area contributed by atoms with Gasteiger partial charge in [0.15, 0.2) is 0 Å². The molecule has 0 saturated heterocycles. The van der Waals surface area contributed by atoms with Crippen molar-refractivity contribution < 1.29 is 13.5 Å². The van der Waals surface area contributed by atoms with E-state index in [1.165, 1.54) is 0 Å². The molecule has 1 rings (SSSR count). The molecule has 0 spiro atoms. The van der Waals surface area contributed by atoms with Gasteiger partial charge in [-0.25, -0.2) is 13.1 Å². The normalized spacial score (nSPS) is 12.3. The van der Waals surface area contributed by atoms with E-state index in [4.69, 9.17) is 5.11 Å². The maximum atomic E-state index is 12.1. The predicted molar refractivity (Wildman–Crippen MR) is 80.2 cm³/mol. The molecule has 0 amide bonds. The molecule has 6 heteroatoms. The molecule has 2 N–H and O–H groups in total. The van der Waals surface area contributed by atoms with Gasteiger partial charge < -0.3 is 10.0 Å². The molecule has 20 heavy (non-hydrogen) atoms. The summed E-state index contributed by atoms with van der Waals surface area (Å²) in [5, 5.41) is 8.83. The molecule has 1 aromatic carbocycles. The van der Waals surface area contributed by atoms with Crippen LogP contribution in [0.25, 0.3) is 0 Å². The van der Waals surface area contributed by atoms with Gasteiger partial charge in [-0.05, 0) is 45.0 Å². The Morgan fingerprint density at radius 3 is 2.35 bits per heavy atom. The third-order valence-corrected chi connectivity index (χ3v) is 4.75. The lowest BCUT2D eigenvalue weighted by Crippen LogP contribution is -2.36. The third-order valence-electron chi connectivity index (χ3n) is 3.27. The minimum atomic E-state index is -3.45. The maximum Gasteiger partial charge on any atom is 0.240 e. The van der Waals surface area contributed by atoms with Crippen molar-refractivity contribution in [2.24, 2.45) is 0 Å². The van der Waals surface area contributed by atoms with Crippen molar-refractivity contribution in [2.45, 2.75) is 31.2 Å². The Hall–Kier alpha value is -0.950. The number of rotatable bonds is 8. The number of hydrogen-bond acceptors (Lipinski definition) is 4. The van der Waals surface area contributed by atoms with Crippen LogP contribution in [-0.4, -0.2) is 51.2 Å². The number of sulfonamides is 1. The highest BCUT2D eigenvalue weighted by molar-refractivity contribution is 7.89. The monoisotopic (exact) mass is 300 g/mol. The van der Waals surface area contributed by atoms with Crippen LogP contribution in [0.3, 0.4) is 0 Å². The molecular formula is C14H24N2O3S. The van der Waals surface area contributed by atoms with Gasteiger partial charge in [0.2, 0.25) is 10.0 Å². The smallest absolute Gasteiger partial charge is 0.240 e. The zero-order valence-corrected chi connectivity index (χ0v) is 13.2. The molecule has 5 nitrogen and oxygen atoms in total. The average molecular weight is 300 g/mol. The molecule has 0 bridgehead atoms. The van der Waals surface area contributed by atoms with E-state index in [0.29, 0.717) is 25.6 Å². The summed E-state index contributed by atoms with van der Waals surface area (Å²) in [4.78, 5) is 2.33. The van der Waals surface area contributed by atoms with Gasteiger partial charge in [-0.15, -0.1) is 0 Å². The highest BCUT2D eigenvalue weighted by Gasteiger charge is 2.13. The second kappa shape index (κ2) is 7.73. The van der Waals surface area contributed by atoms with E-state index in [1.807, 2.05) is 7.05 Å². The van der Waals surface area contributed by atoms with Gasteiger partial charge in [-0.2, -0.15) is 0 Å². The van der Waals surface area contributed by atoms with Crippen LogP contribution < -0.4 is 4.72 Å². The van der Waals surface area contributed by atoms with Gasteiger partial charge in [0.1, 0.15) is 0 Å². The molecule has 0 aliphatic heterocycles. The molecule has 0 unspecified atom stereocenters. The topological polar surface area (TPSA) is 69.6 Å². The van der Waals surface area contributed by atoms with E-state index >= 15 is 0 Å². The third kappa shape index (κ3) is 5.20. The van der Waals surface area contributed by atoms with Crippen molar-refractivity contribution >= 4 is 10.0 Å². The number of aliphatic hydroxyl groups is 1. The molecule has 0 radical (unpaired) electrons. The fourth-order valence-corrected chi connectivity index (χ4v) is 2.68. The lowest BCUT2D eigenvalue weighted by Gasteiger charge is -2.20. The first-order chi connectivity index (χ1) is 9.36. The molecular weight excluding hydrogens is 276 g/mol. The zero-order chi connectivity index (χ0) is 15.2. The van der Waals surface area contributed by atoms with Gasteiger partial charge >= 0.3 is 0 Å². The fraction of sp³-hybridized carbons (Fsp3) is 0.571. The highest BCUT2D eigenvalue weighted by atomic mass is 32.2. The Labute approximate surface area is 121 Å². The largest absolute Gasteiger partial charge is 0.396 e. The summed E-state index contributed by atoms with van der Waals surface area (Å²) >= 11 is 0. The van der Waals surface area contributed by atoms with Crippen molar-refractivity contribution in [3.8, 4) is 0 Å². The second-order valence-electron chi connectivity index (χ2n) is 5.09. The van der Waals surface area contributed by atoms with E-state index in [2.05, 4.69) is 23.5 Å². The summed E-state index contributed by atoms with van der Waals surface area (Å²) in [6.45, 7) is 5.24. The van der Waals surface area contributed by atoms with Crippen molar-refractivity contribution in [3.05, 3.63) is 29.8 Å². The number of nitrogens with zero attached hydrogens (tertiary/aromatic N) is 1. The van der Waals surface area contributed by atoms with Crippen LogP contribution in [-0.2, 0) is 16.4 Å². The Kier molecular flexibility index (Phi) is 6.61. The molecule has 0 aliphatic carbocycles. The van der Waals surface area contributed by atoms with E-state index < -0.39 is 10.0 Å². The summed E-state index contributed by atoms with van der Waals surface area (Å²) in [7, 11) is -1.49. The first-order valence-corrected chi connectivity index (χ1v) is 8.25. The fourth-order valence-electron chi connectivity index (χ4n) is 1.66. The van der Waals surface area contributed by atoms with Gasteiger partial charge in [0.25, 0.3) is 0 Å². The second-order valence-corrected chi connectivity index (χ2v) is 6.86. The summed E-state index contributed by atoms with van der Waals surface area (Å²) in [5.41, 5.74) is 0.922. The summed E-state index contributed by atoms with van der Waals surface area (Å²) in [5.74, 6) is 0. The van der Waals surface area contributed by atoms with Gasteiger partial charge in [-0.1, -0.05) is 12.1 Å². The first kappa shape index (κ1) is 17.1.